The Morgan fingerprint density at radius 3 is 2.28 bits per heavy atom. The summed E-state index contributed by atoms with van der Waals surface area (Å²) < 4.78 is 5.60. The summed E-state index contributed by atoms with van der Waals surface area (Å²) in [4.78, 5) is 0. The van der Waals surface area contributed by atoms with Gasteiger partial charge in [-0.2, -0.15) is 0 Å². The number of halogens is 1. The molecule has 0 saturated carbocycles. The molecule has 2 aromatic carbocycles. The van der Waals surface area contributed by atoms with Gasteiger partial charge in [-0.05, 0) is 43.7 Å². The summed E-state index contributed by atoms with van der Waals surface area (Å²) in [6.45, 7) is 4.01. The van der Waals surface area contributed by atoms with Gasteiger partial charge in [0.1, 0.15) is 5.75 Å². The Morgan fingerprint density at radius 1 is 1.06 bits per heavy atom. The van der Waals surface area contributed by atoms with Crippen LogP contribution in [0.1, 0.15) is 13.8 Å². The zero-order chi connectivity index (χ0) is 13.1. The van der Waals surface area contributed by atoms with E-state index in [4.69, 9.17) is 22.1 Å². The fourth-order valence-corrected chi connectivity index (χ4v) is 1.96. The lowest BCUT2D eigenvalue weighted by Crippen LogP contribution is -2.05. The van der Waals surface area contributed by atoms with Gasteiger partial charge < -0.3 is 10.5 Å². The van der Waals surface area contributed by atoms with Gasteiger partial charge in [0, 0.05) is 16.3 Å². The summed E-state index contributed by atoms with van der Waals surface area (Å²) in [6, 6.07) is 13.4. The Balaban J connectivity index is 2.28. The van der Waals surface area contributed by atoms with E-state index >= 15 is 0 Å². The molecule has 2 N–H and O–H groups in total. The monoisotopic (exact) mass is 261 g/mol. The molecule has 2 nitrogen and oxygen atoms in total. The minimum Gasteiger partial charge on any atom is -0.491 e. The van der Waals surface area contributed by atoms with E-state index in [0.717, 1.165) is 16.9 Å². The van der Waals surface area contributed by atoms with Gasteiger partial charge in [-0.1, -0.05) is 29.8 Å². The molecule has 0 heterocycles. The summed E-state index contributed by atoms with van der Waals surface area (Å²) in [5.41, 5.74) is 8.67. The van der Waals surface area contributed by atoms with Crippen LogP contribution in [0.2, 0.25) is 5.02 Å². The molecule has 0 amide bonds. The van der Waals surface area contributed by atoms with Crippen molar-refractivity contribution in [3.05, 3.63) is 47.5 Å². The third kappa shape index (κ3) is 2.96. The molecule has 0 aliphatic rings. The molecular formula is C15H16ClNO. The Hall–Kier alpha value is -1.67. The van der Waals surface area contributed by atoms with Crippen molar-refractivity contribution in [2.75, 3.05) is 5.73 Å². The molecule has 18 heavy (non-hydrogen) atoms. The molecular weight excluding hydrogens is 246 g/mol. The smallest absolute Gasteiger partial charge is 0.119 e. The van der Waals surface area contributed by atoms with Crippen LogP contribution in [-0.2, 0) is 0 Å². The van der Waals surface area contributed by atoms with Gasteiger partial charge in [-0.15, -0.1) is 0 Å². The Labute approximate surface area is 112 Å². The van der Waals surface area contributed by atoms with Crippen molar-refractivity contribution in [3.63, 3.8) is 0 Å². The standard InChI is InChI=1S/C15H16ClNO/c1-10(2)18-13-6-3-11(4-7-13)14-8-5-12(16)9-15(14)17/h3-10H,17H2,1-2H3. The van der Waals surface area contributed by atoms with E-state index in [2.05, 4.69) is 0 Å². The average molecular weight is 262 g/mol. The number of hydrogen-bond acceptors (Lipinski definition) is 2. The van der Waals surface area contributed by atoms with Crippen LogP contribution in [0, 0.1) is 0 Å². The second-order valence-corrected chi connectivity index (χ2v) is 4.86. The van der Waals surface area contributed by atoms with Crippen molar-refractivity contribution >= 4 is 17.3 Å². The molecule has 2 aromatic rings. The first kappa shape index (κ1) is 12.8. The maximum Gasteiger partial charge on any atom is 0.119 e. The average Bonchev–Trinajstić information content (AvgIpc) is 2.30. The predicted molar refractivity (Wildman–Crippen MR) is 77.1 cm³/mol. The zero-order valence-electron chi connectivity index (χ0n) is 10.5. The molecule has 0 saturated heterocycles. The van der Waals surface area contributed by atoms with Gasteiger partial charge in [-0.25, -0.2) is 0 Å². The fourth-order valence-electron chi connectivity index (χ4n) is 1.78. The van der Waals surface area contributed by atoms with E-state index in [0.29, 0.717) is 10.7 Å². The van der Waals surface area contributed by atoms with Gasteiger partial charge in [0.25, 0.3) is 0 Å². The molecule has 0 aliphatic carbocycles. The Kier molecular flexibility index (Phi) is 3.78. The van der Waals surface area contributed by atoms with E-state index in [1.807, 2.05) is 50.2 Å². The molecule has 0 aromatic heterocycles. The van der Waals surface area contributed by atoms with Crippen LogP contribution in [0.25, 0.3) is 11.1 Å². The molecule has 0 bridgehead atoms. The van der Waals surface area contributed by atoms with Gasteiger partial charge in [-0.3, -0.25) is 0 Å². The lowest BCUT2D eigenvalue weighted by Gasteiger charge is -2.11. The number of hydrogen-bond donors (Lipinski definition) is 1. The molecule has 0 atom stereocenters. The predicted octanol–water partition coefficient (Wildman–Crippen LogP) is 4.38. The van der Waals surface area contributed by atoms with Crippen LogP contribution in [0.15, 0.2) is 42.5 Å². The number of benzene rings is 2. The van der Waals surface area contributed by atoms with Crippen LogP contribution in [0.3, 0.4) is 0 Å². The number of nitrogen functional groups attached to an aromatic ring is 1. The largest absolute Gasteiger partial charge is 0.491 e. The summed E-state index contributed by atoms with van der Waals surface area (Å²) in [6.07, 6.45) is 0.177. The third-order valence-corrected chi connectivity index (χ3v) is 2.79. The Bertz CT molecular complexity index is 535. The quantitative estimate of drug-likeness (QED) is 0.833. The normalized spacial score (nSPS) is 10.7. The summed E-state index contributed by atoms with van der Waals surface area (Å²) >= 11 is 5.89. The topological polar surface area (TPSA) is 35.2 Å². The number of nitrogens with two attached hydrogens (primary N) is 1. The molecule has 0 radical (unpaired) electrons. The molecule has 0 unspecified atom stereocenters. The maximum absolute atomic E-state index is 5.96. The molecule has 3 heteroatoms. The van der Waals surface area contributed by atoms with Crippen molar-refractivity contribution < 1.29 is 4.74 Å². The summed E-state index contributed by atoms with van der Waals surface area (Å²) in [5.74, 6) is 0.862. The fraction of sp³-hybridized carbons (Fsp3) is 0.200. The van der Waals surface area contributed by atoms with Gasteiger partial charge in [0.15, 0.2) is 0 Å². The first-order valence-electron chi connectivity index (χ1n) is 5.88. The first-order chi connectivity index (χ1) is 8.56. The van der Waals surface area contributed by atoms with Crippen molar-refractivity contribution in [2.24, 2.45) is 0 Å². The van der Waals surface area contributed by atoms with Crippen LogP contribution >= 0.6 is 11.6 Å². The van der Waals surface area contributed by atoms with Crippen molar-refractivity contribution in [1.82, 2.24) is 0 Å². The van der Waals surface area contributed by atoms with E-state index in [9.17, 15) is 0 Å². The maximum atomic E-state index is 5.96. The van der Waals surface area contributed by atoms with Gasteiger partial charge in [0.2, 0.25) is 0 Å². The minimum atomic E-state index is 0.177. The molecule has 2 rings (SSSR count). The molecule has 0 fully saturated rings. The highest BCUT2D eigenvalue weighted by atomic mass is 35.5. The molecule has 0 aliphatic heterocycles. The molecule has 0 spiro atoms. The first-order valence-corrected chi connectivity index (χ1v) is 6.26. The zero-order valence-corrected chi connectivity index (χ0v) is 11.2. The minimum absolute atomic E-state index is 0.177. The van der Waals surface area contributed by atoms with Crippen molar-refractivity contribution in [1.29, 1.82) is 0 Å². The number of rotatable bonds is 3. The lowest BCUT2D eigenvalue weighted by molar-refractivity contribution is 0.242. The van der Waals surface area contributed by atoms with E-state index in [1.54, 1.807) is 6.07 Å². The highest BCUT2D eigenvalue weighted by molar-refractivity contribution is 6.31. The highest BCUT2D eigenvalue weighted by Gasteiger charge is 2.04. The number of ether oxygens (including phenoxy) is 1. The second kappa shape index (κ2) is 5.32. The Morgan fingerprint density at radius 2 is 1.72 bits per heavy atom. The van der Waals surface area contributed by atoms with Crippen molar-refractivity contribution in [2.45, 2.75) is 20.0 Å². The van der Waals surface area contributed by atoms with Crippen LogP contribution in [-0.4, -0.2) is 6.10 Å². The van der Waals surface area contributed by atoms with E-state index in [-0.39, 0.29) is 6.10 Å². The second-order valence-electron chi connectivity index (χ2n) is 4.42. The van der Waals surface area contributed by atoms with E-state index in [1.165, 1.54) is 0 Å². The van der Waals surface area contributed by atoms with Crippen LogP contribution < -0.4 is 10.5 Å². The third-order valence-electron chi connectivity index (χ3n) is 2.55. The summed E-state index contributed by atoms with van der Waals surface area (Å²) in [7, 11) is 0. The molecule has 94 valence electrons. The van der Waals surface area contributed by atoms with Gasteiger partial charge in [0.05, 0.1) is 6.10 Å². The van der Waals surface area contributed by atoms with Crippen molar-refractivity contribution in [3.8, 4) is 16.9 Å². The highest BCUT2D eigenvalue weighted by Crippen LogP contribution is 2.29. The summed E-state index contributed by atoms with van der Waals surface area (Å²) in [5, 5.41) is 0.649. The SMILES string of the molecule is CC(C)Oc1ccc(-c2ccc(Cl)cc2N)cc1. The van der Waals surface area contributed by atoms with Gasteiger partial charge >= 0.3 is 0 Å². The van der Waals surface area contributed by atoms with Crippen LogP contribution in [0.4, 0.5) is 5.69 Å². The lowest BCUT2D eigenvalue weighted by atomic mass is 10.0. The van der Waals surface area contributed by atoms with Crippen LogP contribution in [0.5, 0.6) is 5.75 Å². The van der Waals surface area contributed by atoms with E-state index < -0.39 is 0 Å². The number of anilines is 1.